The Bertz CT molecular complexity index is 1190. The Morgan fingerprint density at radius 2 is 2.06 bits per heavy atom. The molecule has 1 aliphatic carbocycles. The lowest BCUT2D eigenvalue weighted by molar-refractivity contribution is -0.142. The molecule has 0 bridgehead atoms. The summed E-state index contributed by atoms with van der Waals surface area (Å²) in [6.07, 6.45) is 6.28. The number of allylic oxidation sites excluding steroid dienone is 1. The largest absolute Gasteiger partial charge is 0.486 e. The van der Waals surface area contributed by atoms with Crippen LogP contribution in [0.2, 0.25) is 0 Å². The summed E-state index contributed by atoms with van der Waals surface area (Å²) in [6, 6.07) is 9.35. The molecule has 160 valence electrons. The van der Waals surface area contributed by atoms with Gasteiger partial charge < -0.3 is 9.47 Å². The molecule has 0 spiro atoms. The Balaban J connectivity index is 1.47. The average molecular weight is 437 g/mol. The van der Waals surface area contributed by atoms with Crippen LogP contribution in [0.15, 0.2) is 46.7 Å². The summed E-state index contributed by atoms with van der Waals surface area (Å²) in [4.78, 5) is 28.2. The van der Waals surface area contributed by atoms with E-state index in [0.717, 1.165) is 46.8 Å². The third kappa shape index (κ3) is 5.11. The zero-order chi connectivity index (χ0) is 21.8. The van der Waals surface area contributed by atoms with E-state index in [1.54, 1.807) is 22.1 Å². The van der Waals surface area contributed by atoms with Crippen LogP contribution in [-0.4, -0.2) is 15.5 Å². The fourth-order valence-electron chi connectivity index (χ4n) is 3.51. The highest BCUT2D eigenvalue weighted by Crippen LogP contribution is 2.27. The van der Waals surface area contributed by atoms with Gasteiger partial charge in [-0.05, 0) is 48.1 Å². The van der Waals surface area contributed by atoms with Crippen LogP contribution in [0.4, 0.5) is 0 Å². The van der Waals surface area contributed by atoms with E-state index >= 15 is 0 Å². The number of pyridine rings is 1. The van der Waals surface area contributed by atoms with Gasteiger partial charge in [-0.25, -0.2) is 4.98 Å². The van der Waals surface area contributed by atoms with Gasteiger partial charge in [0.2, 0.25) is 0 Å². The molecule has 0 radical (unpaired) electrons. The number of nitrogens with zero attached hydrogens (tertiary/aromatic N) is 2. The Hall–Kier alpha value is -3.19. The predicted molar refractivity (Wildman–Crippen MR) is 121 cm³/mol. The second kappa shape index (κ2) is 9.31. The van der Waals surface area contributed by atoms with Gasteiger partial charge in [-0.15, -0.1) is 11.3 Å². The molecule has 0 atom stereocenters. The Morgan fingerprint density at radius 3 is 2.81 bits per heavy atom. The van der Waals surface area contributed by atoms with E-state index in [9.17, 15) is 9.59 Å². The van der Waals surface area contributed by atoms with Crippen molar-refractivity contribution in [3.05, 3.63) is 79.7 Å². The first kappa shape index (κ1) is 21.1. The van der Waals surface area contributed by atoms with Gasteiger partial charge in [-0.2, -0.15) is 0 Å². The first-order valence-electron chi connectivity index (χ1n) is 10.3. The van der Waals surface area contributed by atoms with Crippen LogP contribution in [0.25, 0.3) is 11.8 Å². The van der Waals surface area contributed by atoms with E-state index in [1.165, 1.54) is 18.6 Å². The number of benzene rings is 1. The molecular formula is C24H24N2O4S. The summed E-state index contributed by atoms with van der Waals surface area (Å²) < 4.78 is 12.5. The van der Waals surface area contributed by atoms with Gasteiger partial charge in [0.05, 0.1) is 5.69 Å². The van der Waals surface area contributed by atoms with Crippen LogP contribution < -0.4 is 10.3 Å². The maximum atomic E-state index is 12.7. The van der Waals surface area contributed by atoms with Crippen LogP contribution in [0.1, 0.15) is 47.7 Å². The van der Waals surface area contributed by atoms with Crippen LogP contribution in [-0.2, 0) is 35.6 Å². The van der Waals surface area contributed by atoms with E-state index in [0.29, 0.717) is 12.4 Å². The number of aromatic nitrogens is 2. The molecule has 0 unspecified atom stereocenters. The fourth-order valence-corrected chi connectivity index (χ4v) is 4.29. The van der Waals surface area contributed by atoms with Crippen molar-refractivity contribution < 1.29 is 14.3 Å². The van der Waals surface area contributed by atoms with Crippen molar-refractivity contribution in [1.29, 1.82) is 0 Å². The van der Waals surface area contributed by atoms with Gasteiger partial charge in [0.1, 0.15) is 24.0 Å². The number of hydrogen-bond donors (Lipinski definition) is 0. The molecule has 1 aliphatic rings. The first-order valence-corrected chi connectivity index (χ1v) is 11.1. The average Bonchev–Trinajstić information content (AvgIpc) is 3.24. The van der Waals surface area contributed by atoms with Gasteiger partial charge >= 0.3 is 5.97 Å². The third-order valence-corrected chi connectivity index (χ3v) is 6.02. The number of fused-ring (bicyclic) bond motifs is 1. The second-order valence-electron chi connectivity index (χ2n) is 7.39. The maximum Gasteiger partial charge on any atom is 0.302 e. The summed E-state index contributed by atoms with van der Waals surface area (Å²) in [5.74, 6) is 0.255. The molecule has 0 aliphatic heterocycles. The van der Waals surface area contributed by atoms with E-state index < -0.39 is 0 Å². The molecule has 0 N–H and O–H groups in total. The molecule has 6 nitrogen and oxygen atoms in total. The number of carbonyl (C=O) groups is 1. The van der Waals surface area contributed by atoms with Crippen LogP contribution in [0, 0.1) is 0 Å². The molecule has 7 heteroatoms. The Labute approximate surface area is 184 Å². The third-order valence-electron chi connectivity index (χ3n) is 5.15. The lowest BCUT2D eigenvalue weighted by Crippen LogP contribution is -2.19. The number of esters is 1. The molecule has 0 saturated heterocycles. The van der Waals surface area contributed by atoms with Crippen molar-refractivity contribution in [2.45, 2.75) is 46.3 Å². The van der Waals surface area contributed by atoms with Gasteiger partial charge in [-0.3, -0.25) is 14.2 Å². The van der Waals surface area contributed by atoms with Gasteiger partial charge in [0, 0.05) is 30.3 Å². The molecular weight excluding hydrogens is 412 g/mol. The van der Waals surface area contributed by atoms with Crippen molar-refractivity contribution in [3.8, 4) is 5.75 Å². The van der Waals surface area contributed by atoms with Gasteiger partial charge in [0.15, 0.2) is 0 Å². The minimum Gasteiger partial charge on any atom is -0.486 e. The molecule has 0 amide bonds. The molecule has 3 aromatic rings. The van der Waals surface area contributed by atoms with E-state index in [4.69, 9.17) is 9.47 Å². The summed E-state index contributed by atoms with van der Waals surface area (Å²) >= 11 is 1.57. The van der Waals surface area contributed by atoms with Crippen molar-refractivity contribution in [2.24, 2.45) is 0 Å². The summed E-state index contributed by atoms with van der Waals surface area (Å²) in [6.45, 7) is 4.11. The molecule has 1 aromatic carbocycles. The Kier molecular flexibility index (Phi) is 6.32. The molecule has 0 fully saturated rings. The van der Waals surface area contributed by atoms with Crippen LogP contribution in [0.5, 0.6) is 5.75 Å². The van der Waals surface area contributed by atoms with E-state index in [1.807, 2.05) is 29.7 Å². The monoisotopic (exact) mass is 436 g/mol. The zero-order valence-electron chi connectivity index (χ0n) is 17.6. The SMILES string of the molecule is CCc1csc(COc2ccn(C3=Cc4ccc(COC(C)=O)cc4CC3)c(=O)c2)n1. The molecule has 2 aromatic heterocycles. The molecule has 2 heterocycles. The maximum absolute atomic E-state index is 12.7. The summed E-state index contributed by atoms with van der Waals surface area (Å²) in [5.41, 5.74) is 5.13. The van der Waals surface area contributed by atoms with Gasteiger partial charge in [-0.1, -0.05) is 25.1 Å². The fraction of sp³-hybridized carbons (Fsp3) is 0.292. The molecule has 31 heavy (non-hydrogen) atoms. The number of aryl methyl sites for hydroxylation is 2. The van der Waals surface area contributed by atoms with Crippen molar-refractivity contribution in [1.82, 2.24) is 9.55 Å². The first-order chi connectivity index (χ1) is 15.0. The number of thiazole rings is 1. The number of hydrogen-bond acceptors (Lipinski definition) is 6. The predicted octanol–water partition coefficient (Wildman–Crippen LogP) is 4.45. The zero-order valence-corrected chi connectivity index (χ0v) is 18.4. The van der Waals surface area contributed by atoms with Gasteiger partial charge in [0.25, 0.3) is 5.56 Å². The minimum absolute atomic E-state index is 0.118. The number of ether oxygens (including phenoxy) is 2. The lowest BCUT2D eigenvalue weighted by Gasteiger charge is -2.19. The summed E-state index contributed by atoms with van der Waals surface area (Å²) in [7, 11) is 0. The standard InChI is InChI=1S/C24H24N2O4S/c1-3-20-15-31-23(25-20)14-30-22-8-9-26(24(28)12-22)21-7-6-18-10-17(13-29-16(2)27)4-5-19(18)11-21/h4-5,8-12,15H,3,6-7,13-14H2,1-2H3. The summed E-state index contributed by atoms with van der Waals surface area (Å²) in [5, 5.41) is 2.93. The highest BCUT2D eigenvalue weighted by Gasteiger charge is 2.14. The quantitative estimate of drug-likeness (QED) is 0.512. The number of rotatable bonds is 7. The van der Waals surface area contributed by atoms with Crippen molar-refractivity contribution in [2.75, 3.05) is 0 Å². The van der Waals surface area contributed by atoms with Crippen molar-refractivity contribution >= 4 is 29.1 Å². The lowest BCUT2D eigenvalue weighted by atomic mass is 9.93. The molecule has 0 saturated carbocycles. The Morgan fingerprint density at radius 1 is 1.19 bits per heavy atom. The highest BCUT2D eigenvalue weighted by molar-refractivity contribution is 7.09. The highest BCUT2D eigenvalue weighted by atomic mass is 32.1. The van der Waals surface area contributed by atoms with Crippen LogP contribution in [0.3, 0.4) is 0 Å². The topological polar surface area (TPSA) is 70.4 Å². The normalized spacial score (nSPS) is 12.8. The van der Waals surface area contributed by atoms with Crippen molar-refractivity contribution in [3.63, 3.8) is 0 Å². The number of carbonyl (C=O) groups excluding carboxylic acids is 1. The smallest absolute Gasteiger partial charge is 0.302 e. The van der Waals surface area contributed by atoms with E-state index in [-0.39, 0.29) is 18.1 Å². The second-order valence-corrected chi connectivity index (χ2v) is 8.34. The van der Waals surface area contributed by atoms with E-state index in [2.05, 4.69) is 18.0 Å². The molecule has 4 rings (SSSR count). The van der Waals surface area contributed by atoms with Crippen LogP contribution >= 0.6 is 11.3 Å². The minimum atomic E-state index is -0.288.